The van der Waals surface area contributed by atoms with Crippen LogP contribution in [-0.2, 0) is 26.2 Å². The molecule has 0 aliphatic heterocycles. The van der Waals surface area contributed by atoms with Crippen LogP contribution in [0.15, 0.2) is 83.8 Å². The van der Waals surface area contributed by atoms with Gasteiger partial charge in [0.1, 0.15) is 18.4 Å². The molecule has 3 aromatic rings. The number of benzene rings is 3. The third kappa shape index (κ3) is 7.80. The van der Waals surface area contributed by atoms with Gasteiger partial charge in [-0.25, -0.2) is 12.8 Å². The van der Waals surface area contributed by atoms with E-state index in [4.69, 9.17) is 11.6 Å². The smallest absolute Gasteiger partial charge is 0.264 e. The topological polar surface area (TPSA) is 86.8 Å². The first-order valence-electron chi connectivity index (χ1n) is 12.7. The Morgan fingerprint density at radius 1 is 0.923 bits per heavy atom. The Morgan fingerprint density at radius 3 is 2.10 bits per heavy atom. The maximum atomic E-state index is 13.9. The summed E-state index contributed by atoms with van der Waals surface area (Å²) in [5.41, 5.74) is 0.994. The summed E-state index contributed by atoms with van der Waals surface area (Å²) in [7, 11) is -4.25. The Hall–Kier alpha value is -3.43. The van der Waals surface area contributed by atoms with E-state index in [1.54, 1.807) is 61.5 Å². The lowest BCUT2D eigenvalue weighted by molar-refractivity contribution is -0.140. The number of nitrogens with zero attached hydrogens (tertiary/aromatic N) is 2. The molecule has 3 aromatic carbocycles. The monoisotopic (exact) mass is 573 g/mol. The maximum absolute atomic E-state index is 13.9. The second-order valence-electron chi connectivity index (χ2n) is 9.19. The molecule has 2 amide bonds. The average molecular weight is 574 g/mol. The summed E-state index contributed by atoms with van der Waals surface area (Å²) in [6.07, 6.45) is 1.03. The van der Waals surface area contributed by atoms with Crippen LogP contribution in [0.25, 0.3) is 0 Å². The van der Waals surface area contributed by atoms with Crippen LogP contribution in [0.3, 0.4) is 0 Å². The van der Waals surface area contributed by atoms with Crippen molar-refractivity contribution in [1.82, 2.24) is 10.2 Å². The van der Waals surface area contributed by atoms with Crippen molar-refractivity contribution in [3.63, 3.8) is 0 Å². The fourth-order valence-corrected chi connectivity index (χ4v) is 5.54. The molecule has 0 spiro atoms. The first-order chi connectivity index (χ1) is 18.6. The van der Waals surface area contributed by atoms with Gasteiger partial charge in [0.25, 0.3) is 10.0 Å². The first kappa shape index (κ1) is 30.1. The van der Waals surface area contributed by atoms with E-state index in [9.17, 15) is 22.4 Å². The van der Waals surface area contributed by atoms with Gasteiger partial charge in [0.15, 0.2) is 0 Å². The van der Waals surface area contributed by atoms with E-state index in [1.807, 2.05) is 13.8 Å². The van der Waals surface area contributed by atoms with Crippen molar-refractivity contribution in [2.24, 2.45) is 0 Å². The number of amides is 2. The predicted octanol–water partition coefficient (Wildman–Crippen LogP) is 5.40. The third-order valence-electron chi connectivity index (χ3n) is 6.38. The van der Waals surface area contributed by atoms with E-state index >= 15 is 0 Å². The van der Waals surface area contributed by atoms with Crippen LogP contribution in [-0.4, -0.2) is 43.8 Å². The van der Waals surface area contributed by atoms with Crippen LogP contribution in [0.4, 0.5) is 10.1 Å². The van der Waals surface area contributed by atoms with E-state index in [0.29, 0.717) is 17.9 Å². The summed E-state index contributed by atoms with van der Waals surface area (Å²) in [6.45, 7) is 5.13. The molecule has 2 atom stereocenters. The molecule has 3 rings (SSSR count). The van der Waals surface area contributed by atoms with Crippen molar-refractivity contribution in [3.8, 4) is 0 Å². The number of rotatable bonds is 12. The van der Waals surface area contributed by atoms with Gasteiger partial charge in [-0.05, 0) is 73.9 Å². The van der Waals surface area contributed by atoms with Gasteiger partial charge >= 0.3 is 0 Å². The second kappa shape index (κ2) is 13.6. The number of nitrogens with one attached hydrogen (secondary N) is 1. The quantitative estimate of drug-likeness (QED) is 0.314. The first-order valence-corrected chi connectivity index (χ1v) is 14.6. The highest BCUT2D eigenvalue weighted by atomic mass is 35.5. The van der Waals surface area contributed by atoms with Crippen molar-refractivity contribution in [2.75, 3.05) is 10.8 Å². The summed E-state index contributed by atoms with van der Waals surface area (Å²) in [4.78, 5) is 28.4. The number of carbonyl (C=O) groups is 2. The van der Waals surface area contributed by atoms with Crippen LogP contribution in [0.2, 0.25) is 5.02 Å². The molecule has 208 valence electrons. The Kier molecular flexibility index (Phi) is 10.5. The number of halogens is 2. The highest BCUT2D eigenvalue weighted by Crippen LogP contribution is 2.25. The minimum absolute atomic E-state index is 0.0711. The molecule has 0 aliphatic rings. The van der Waals surface area contributed by atoms with Crippen molar-refractivity contribution < 1.29 is 22.4 Å². The van der Waals surface area contributed by atoms with Crippen molar-refractivity contribution in [3.05, 3.63) is 95.3 Å². The van der Waals surface area contributed by atoms with Gasteiger partial charge in [0.2, 0.25) is 11.8 Å². The van der Waals surface area contributed by atoms with Gasteiger partial charge in [-0.1, -0.05) is 55.8 Å². The molecule has 10 heteroatoms. The molecule has 39 heavy (non-hydrogen) atoms. The zero-order chi connectivity index (χ0) is 28.6. The highest BCUT2D eigenvalue weighted by Gasteiger charge is 2.34. The third-order valence-corrected chi connectivity index (χ3v) is 8.42. The summed E-state index contributed by atoms with van der Waals surface area (Å²) in [6, 6.07) is 18.6. The second-order valence-corrected chi connectivity index (χ2v) is 11.5. The summed E-state index contributed by atoms with van der Waals surface area (Å²) in [5, 5.41) is 3.46. The van der Waals surface area contributed by atoms with Crippen LogP contribution >= 0.6 is 11.6 Å². The normalized spacial score (nSPS) is 12.8. The molecule has 0 radical (unpaired) electrons. The minimum atomic E-state index is -4.25. The Bertz CT molecular complexity index is 1350. The molecular formula is C29H33ClFN3O4S. The lowest BCUT2D eigenvalue weighted by Gasteiger charge is -2.33. The number of hydrogen-bond acceptors (Lipinski definition) is 4. The number of para-hydroxylation sites is 1. The molecular weight excluding hydrogens is 541 g/mol. The summed E-state index contributed by atoms with van der Waals surface area (Å²) >= 11 is 6.04. The van der Waals surface area contributed by atoms with Crippen molar-refractivity contribution >= 4 is 39.1 Å². The van der Waals surface area contributed by atoms with Crippen LogP contribution in [0, 0.1) is 5.82 Å². The highest BCUT2D eigenvalue weighted by molar-refractivity contribution is 7.92. The molecule has 0 unspecified atom stereocenters. The van der Waals surface area contributed by atoms with E-state index in [2.05, 4.69) is 5.32 Å². The van der Waals surface area contributed by atoms with E-state index < -0.39 is 34.3 Å². The average Bonchev–Trinajstić information content (AvgIpc) is 2.93. The number of sulfonamides is 1. The van der Waals surface area contributed by atoms with Crippen molar-refractivity contribution in [2.45, 2.75) is 57.1 Å². The molecule has 0 saturated heterocycles. The van der Waals surface area contributed by atoms with E-state index in [0.717, 1.165) is 34.1 Å². The zero-order valence-corrected chi connectivity index (χ0v) is 23.8. The van der Waals surface area contributed by atoms with Crippen LogP contribution < -0.4 is 9.62 Å². The molecule has 0 bridgehead atoms. The van der Waals surface area contributed by atoms with Gasteiger partial charge < -0.3 is 10.2 Å². The largest absolute Gasteiger partial charge is 0.352 e. The van der Waals surface area contributed by atoms with Gasteiger partial charge in [0.05, 0.1) is 10.6 Å². The fraction of sp³-hybridized carbons (Fsp3) is 0.310. The Labute approximate surface area is 234 Å². The molecule has 0 fully saturated rings. The standard InChI is InChI=1S/C29H33ClFN3O4S/c1-4-21(3)32-29(36)27(5-2)33(19-22-11-13-23(30)14-12-22)28(35)20-34(25-9-7-6-8-10-25)39(37,38)26-17-15-24(31)16-18-26/h6-18,21,27H,4-5,19-20H2,1-3H3,(H,32,36)/t21-,27+/m0/s1. The fourth-order valence-electron chi connectivity index (χ4n) is 4.00. The predicted molar refractivity (Wildman–Crippen MR) is 151 cm³/mol. The Morgan fingerprint density at radius 2 is 1.54 bits per heavy atom. The van der Waals surface area contributed by atoms with Gasteiger partial charge in [0, 0.05) is 17.6 Å². The van der Waals surface area contributed by atoms with Crippen LogP contribution in [0.1, 0.15) is 39.2 Å². The lowest BCUT2D eigenvalue weighted by atomic mass is 10.1. The molecule has 7 nitrogen and oxygen atoms in total. The number of anilines is 1. The number of hydrogen-bond donors (Lipinski definition) is 1. The summed E-state index contributed by atoms with van der Waals surface area (Å²) in [5.74, 6) is -1.46. The molecule has 0 aromatic heterocycles. The van der Waals surface area contributed by atoms with E-state index in [-0.39, 0.29) is 29.1 Å². The van der Waals surface area contributed by atoms with Gasteiger partial charge in [-0.3, -0.25) is 13.9 Å². The summed E-state index contributed by atoms with van der Waals surface area (Å²) < 4.78 is 41.9. The molecule has 1 N–H and O–H groups in total. The molecule has 0 saturated carbocycles. The van der Waals surface area contributed by atoms with Crippen molar-refractivity contribution in [1.29, 1.82) is 0 Å². The maximum Gasteiger partial charge on any atom is 0.264 e. The van der Waals surface area contributed by atoms with Gasteiger partial charge in [-0.2, -0.15) is 0 Å². The van der Waals surface area contributed by atoms with Crippen LogP contribution in [0.5, 0.6) is 0 Å². The SMILES string of the molecule is CC[C@H](C(=O)N[C@@H](C)CC)N(Cc1ccc(Cl)cc1)C(=O)CN(c1ccccc1)S(=O)(=O)c1ccc(F)cc1. The van der Waals surface area contributed by atoms with Gasteiger partial charge in [-0.15, -0.1) is 0 Å². The zero-order valence-electron chi connectivity index (χ0n) is 22.2. The van der Waals surface area contributed by atoms with E-state index in [1.165, 1.54) is 4.90 Å². The minimum Gasteiger partial charge on any atom is -0.352 e. The lowest BCUT2D eigenvalue weighted by Crippen LogP contribution is -2.53. The molecule has 0 heterocycles. The molecule has 0 aliphatic carbocycles. The Balaban J connectivity index is 2.02. The number of carbonyl (C=O) groups excluding carboxylic acids is 2.